The molecule has 1 fully saturated rings. The quantitative estimate of drug-likeness (QED) is 0.753. The largest absolute Gasteiger partial charge is 0.395 e. The molecule has 0 aliphatic carbocycles. The van der Waals surface area contributed by atoms with E-state index in [1.807, 2.05) is 11.8 Å². The van der Waals surface area contributed by atoms with E-state index in [1.165, 1.54) is 17.0 Å². The first-order valence-corrected chi connectivity index (χ1v) is 8.20. The van der Waals surface area contributed by atoms with E-state index >= 15 is 0 Å². The zero-order chi connectivity index (χ0) is 17.5. The molecule has 1 atom stereocenters. The fraction of sp³-hybridized carbons (Fsp3) is 0.529. The van der Waals surface area contributed by atoms with Crippen LogP contribution in [-0.4, -0.2) is 65.5 Å². The lowest BCUT2D eigenvalue weighted by Gasteiger charge is -2.35. The minimum atomic E-state index is -0.581. The molecular weight excluding hydrogens is 313 g/mol. The molecule has 0 radical (unpaired) electrons. The average Bonchev–Trinajstić information content (AvgIpc) is 2.55. The molecule has 0 unspecified atom stereocenters. The summed E-state index contributed by atoms with van der Waals surface area (Å²) in [4.78, 5) is 28.0. The first kappa shape index (κ1) is 18.4. The van der Waals surface area contributed by atoms with E-state index in [0.29, 0.717) is 26.2 Å². The number of hydrogen-bond donors (Lipinski definition) is 2. The molecule has 2 amide bonds. The van der Waals surface area contributed by atoms with Crippen molar-refractivity contribution in [3.05, 3.63) is 35.6 Å². The van der Waals surface area contributed by atoms with Gasteiger partial charge in [-0.1, -0.05) is 12.1 Å². The van der Waals surface area contributed by atoms with Crippen LogP contribution < -0.4 is 5.32 Å². The summed E-state index contributed by atoms with van der Waals surface area (Å²) in [6.07, 6.45) is 0.0506. The predicted octanol–water partition coefficient (Wildman–Crippen LogP) is 0.357. The number of hydrogen-bond acceptors (Lipinski definition) is 4. The van der Waals surface area contributed by atoms with Crippen LogP contribution in [0.4, 0.5) is 4.39 Å². The summed E-state index contributed by atoms with van der Waals surface area (Å²) in [5.41, 5.74) is 0.768. The fourth-order valence-corrected chi connectivity index (χ4v) is 2.92. The molecule has 1 saturated heterocycles. The van der Waals surface area contributed by atoms with Gasteiger partial charge in [0.05, 0.1) is 19.1 Å². The Balaban J connectivity index is 2.08. The van der Waals surface area contributed by atoms with Crippen molar-refractivity contribution in [2.24, 2.45) is 0 Å². The predicted molar refractivity (Wildman–Crippen MR) is 87.6 cm³/mol. The third-order valence-electron chi connectivity index (χ3n) is 4.19. The van der Waals surface area contributed by atoms with Crippen LogP contribution in [-0.2, 0) is 16.1 Å². The summed E-state index contributed by atoms with van der Waals surface area (Å²) in [6, 6.07) is 5.67. The van der Waals surface area contributed by atoms with E-state index in [-0.39, 0.29) is 37.2 Å². The van der Waals surface area contributed by atoms with Crippen LogP contribution in [0.3, 0.4) is 0 Å². The fourth-order valence-electron chi connectivity index (χ4n) is 2.92. The average molecular weight is 337 g/mol. The van der Waals surface area contributed by atoms with Crippen molar-refractivity contribution in [1.29, 1.82) is 0 Å². The third-order valence-corrected chi connectivity index (χ3v) is 4.19. The van der Waals surface area contributed by atoms with Crippen LogP contribution in [0.15, 0.2) is 24.3 Å². The van der Waals surface area contributed by atoms with E-state index in [4.69, 9.17) is 5.11 Å². The van der Waals surface area contributed by atoms with Crippen LogP contribution in [0, 0.1) is 5.82 Å². The number of amides is 2. The molecule has 1 aromatic rings. The molecule has 2 rings (SSSR count). The van der Waals surface area contributed by atoms with Gasteiger partial charge in [0, 0.05) is 32.7 Å². The Hall–Kier alpha value is -1.99. The Labute approximate surface area is 141 Å². The number of likely N-dealkylation sites (N-methyl/N-ethyl adjacent to an activating group) is 1. The third kappa shape index (κ3) is 4.75. The molecule has 1 aromatic carbocycles. The smallest absolute Gasteiger partial charge is 0.237 e. The van der Waals surface area contributed by atoms with E-state index in [9.17, 15) is 14.0 Å². The molecular formula is C17H24FN3O3. The number of benzene rings is 1. The van der Waals surface area contributed by atoms with Gasteiger partial charge in [-0.2, -0.15) is 0 Å². The number of halogens is 1. The molecule has 132 valence electrons. The standard InChI is InChI=1S/C17H24FN3O3/c1-2-20(8-9-22)16(23)11-15-17(24)19-6-7-21(15)12-13-4-3-5-14(18)10-13/h3-5,10,15,22H,2,6-9,11-12H2,1H3,(H,19,24)/t15-/m1/s1. The molecule has 0 aromatic heterocycles. The van der Waals surface area contributed by atoms with E-state index in [1.54, 1.807) is 12.1 Å². The number of piperazine rings is 1. The molecule has 7 heteroatoms. The monoisotopic (exact) mass is 337 g/mol. The Morgan fingerprint density at radius 3 is 2.96 bits per heavy atom. The summed E-state index contributed by atoms with van der Waals surface area (Å²) in [5.74, 6) is -0.675. The highest BCUT2D eigenvalue weighted by Gasteiger charge is 2.32. The van der Waals surface area contributed by atoms with Crippen molar-refractivity contribution in [1.82, 2.24) is 15.1 Å². The van der Waals surface area contributed by atoms with Crippen molar-refractivity contribution in [2.45, 2.75) is 25.9 Å². The van der Waals surface area contributed by atoms with Gasteiger partial charge in [0.1, 0.15) is 5.82 Å². The van der Waals surface area contributed by atoms with E-state index in [0.717, 1.165) is 5.56 Å². The van der Waals surface area contributed by atoms with Crippen molar-refractivity contribution < 1.29 is 19.1 Å². The molecule has 0 spiro atoms. The molecule has 6 nitrogen and oxygen atoms in total. The number of rotatable bonds is 7. The van der Waals surface area contributed by atoms with Crippen LogP contribution >= 0.6 is 0 Å². The van der Waals surface area contributed by atoms with Crippen molar-refractivity contribution in [3.8, 4) is 0 Å². The van der Waals surface area contributed by atoms with Gasteiger partial charge in [-0.3, -0.25) is 14.5 Å². The lowest BCUT2D eigenvalue weighted by molar-refractivity contribution is -0.139. The molecule has 1 aliphatic heterocycles. The van der Waals surface area contributed by atoms with E-state index in [2.05, 4.69) is 5.32 Å². The maximum atomic E-state index is 13.4. The Bertz CT molecular complexity index is 582. The second-order valence-corrected chi connectivity index (χ2v) is 5.81. The van der Waals surface area contributed by atoms with Crippen LogP contribution in [0.5, 0.6) is 0 Å². The molecule has 1 heterocycles. The number of carbonyl (C=O) groups excluding carboxylic acids is 2. The highest BCUT2D eigenvalue weighted by atomic mass is 19.1. The zero-order valence-corrected chi connectivity index (χ0v) is 13.9. The number of aliphatic hydroxyl groups is 1. The summed E-state index contributed by atoms with van der Waals surface area (Å²) < 4.78 is 13.4. The summed E-state index contributed by atoms with van der Waals surface area (Å²) >= 11 is 0. The first-order valence-electron chi connectivity index (χ1n) is 8.20. The van der Waals surface area contributed by atoms with Gasteiger partial charge in [0.15, 0.2) is 0 Å². The topological polar surface area (TPSA) is 72.9 Å². The summed E-state index contributed by atoms with van der Waals surface area (Å²) in [7, 11) is 0. The van der Waals surface area contributed by atoms with Crippen molar-refractivity contribution in [3.63, 3.8) is 0 Å². The van der Waals surface area contributed by atoms with Gasteiger partial charge in [-0.15, -0.1) is 0 Å². The number of carbonyl (C=O) groups is 2. The van der Waals surface area contributed by atoms with Crippen molar-refractivity contribution >= 4 is 11.8 Å². The van der Waals surface area contributed by atoms with Gasteiger partial charge in [0.25, 0.3) is 0 Å². The van der Waals surface area contributed by atoms with Crippen molar-refractivity contribution in [2.75, 3.05) is 32.8 Å². The van der Waals surface area contributed by atoms with E-state index < -0.39 is 6.04 Å². The first-order chi connectivity index (χ1) is 11.5. The van der Waals surface area contributed by atoms with Crippen LogP contribution in [0.1, 0.15) is 18.9 Å². The maximum absolute atomic E-state index is 13.4. The highest BCUT2D eigenvalue weighted by Crippen LogP contribution is 2.15. The minimum absolute atomic E-state index is 0.0506. The summed E-state index contributed by atoms with van der Waals surface area (Å²) in [5, 5.41) is 11.8. The SMILES string of the molecule is CCN(CCO)C(=O)C[C@@H]1C(=O)NCCN1Cc1cccc(F)c1. The molecule has 0 saturated carbocycles. The van der Waals surface area contributed by atoms with Gasteiger partial charge < -0.3 is 15.3 Å². The molecule has 1 aliphatic rings. The number of nitrogens with one attached hydrogen (secondary N) is 1. The second-order valence-electron chi connectivity index (χ2n) is 5.81. The van der Waals surface area contributed by atoms with Gasteiger partial charge in [0.2, 0.25) is 11.8 Å². The maximum Gasteiger partial charge on any atom is 0.237 e. The molecule has 2 N–H and O–H groups in total. The zero-order valence-electron chi connectivity index (χ0n) is 13.9. The Kier molecular flexibility index (Phi) is 6.69. The Morgan fingerprint density at radius 2 is 2.29 bits per heavy atom. The van der Waals surface area contributed by atoms with Crippen LogP contribution in [0.2, 0.25) is 0 Å². The Morgan fingerprint density at radius 1 is 1.50 bits per heavy atom. The lowest BCUT2D eigenvalue weighted by atomic mass is 10.1. The normalized spacial score (nSPS) is 18.3. The number of aliphatic hydroxyl groups excluding tert-OH is 1. The molecule has 24 heavy (non-hydrogen) atoms. The second kappa shape index (κ2) is 8.75. The van der Waals surface area contributed by atoms with Gasteiger partial charge >= 0.3 is 0 Å². The molecule has 0 bridgehead atoms. The minimum Gasteiger partial charge on any atom is -0.395 e. The van der Waals surface area contributed by atoms with Crippen LogP contribution in [0.25, 0.3) is 0 Å². The van der Waals surface area contributed by atoms with Gasteiger partial charge in [-0.05, 0) is 24.6 Å². The highest BCUT2D eigenvalue weighted by molar-refractivity contribution is 5.88. The van der Waals surface area contributed by atoms with Gasteiger partial charge in [-0.25, -0.2) is 4.39 Å². The summed E-state index contributed by atoms with van der Waals surface area (Å²) in [6.45, 7) is 3.99. The number of nitrogens with zero attached hydrogens (tertiary/aromatic N) is 2. The lowest BCUT2D eigenvalue weighted by Crippen LogP contribution is -2.56.